The lowest BCUT2D eigenvalue weighted by molar-refractivity contribution is 1.35. The van der Waals surface area contributed by atoms with Gasteiger partial charge in [-0.3, -0.25) is 0 Å². The Morgan fingerprint density at radius 2 is 1.63 bits per heavy atom. The number of benzene rings is 2. The van der Waals surface area contributed by atoms with Gasteiger partial charge in [-0.1, -0.05) is 59.2 Å². The van der Waals surface area contributed by atoms with Crippen LogP contribution in [0.15, 0.2) is 64.5 Å². The number of hydrogen-bond donors (Lipinski definition) is 0. The number of rotatable bonds is 2. The standard InChI is InChI=1S/C15H9Cl2NS/c16-14-9-18-15(17)13-8-11(6-7-12(13)14)19-10-4-2-1-3-5-10/h1-9H. The maximum absolute atomic E-state index is 6.12. The van der Waals surface area contributed by atoms with Crippen LogP contribution in [0.1, 0.15) is 0 Å². The highest BCUT2D eigenvalue weighted by molar-refractivity contribution is 7.99. The Bertz CT molecular complexity index is 729. The van der Waals surface area contributed by atoms with Crippen LogP contribution in [0.4, 0.5) is 0 Å². The first-order chi connectivity index (χ1) is 9.24. The van der Waals surface area contributed by atoms with Crippen LogP contribution in [0.5, 0.6) is 0 Å². The summed E-state index contributed by atoms with van der Waals surface area (Å²) >= 11 is 13.9. The van der Waals surface area contributed by atoms with E-state index in [4.69, 9.17) is 23.2 Å². The molecule has 0 amide bonds. The average Bonchev–Trinajstić information content (AvgIpc) is 2.44. The Kier molecular flexibility index (Phi) is 3.65. The number of fused-ring (bicyclic) bond motifs is 1. The van der Waals surface area contributed by atoms with Gasteiger partial charge in [0.1, 0.15) is 5.15 Å². The van der Waals surface area contributed by atoms with Gasteiger partial charge in [-0.05, 0) is 24.3 Å². The first-order valence-electron chi connectivity index (χ1n) is 5.71. The summed E-state index contributed by atoms with van der Waals surface area (Å²) in [6.45, 7) is 0. The van der Waals surface area contributed by atoms with Crippen LogP contribution in [-0.2, 0) is 0 Å². The number of nitrogens with zero attached hydrogens (tertiary/aromatic N) is 1. The predicted octanol–water partition coefficient (Wildman–Crippen LogP) is 5.69. The summed E-state index contributed by atoms with van der Waals surface area (Å²) in [5, 5.41) is 2.92. The molecule has 0 saturated carbocycles. The molecule has 1 aromatic heterocycles. The molecule has 0 saturated heterocycles. The molecule has 0 radical (unpaired) electrons. The molecule has 19 heavy (non-hydrogen) atoms. The number of pyridine rings is 1. The van der Waals surface area contributed by atoms with Gasteiger partial charge in [0.15, 0.2) is 0 Å². The lowest BCUT2D eigenvalue weighted by Crippen LogP contribution is -1.82. The average molecular weight is 306 g/mol. The molecule has 0 unspecified atom stereocenters. The van der Waals surface area contributed by atoms with Crippen molar-refractivity contribution in [3.8, 4) is 0 Å². The molecule has 94 valence electrons. The van der Waals surface area contributed by atoms with Gasteiger partial charge in [-0.2, -0.15) is 0 Å². The predicted molar refractivity (Wildman–Crippen MR) is 82.3 cm³/mol. The Balaban J connectivity index is 2.05. The summed E-state index contributed by atoms with van der Waals surface area (Å²) in [7, 11) is 0. The van der Waals surface area contributed by atoms with E-state index in [9.17, 15) is 0 Å². The molecule has 0 aliphatic rings. The van der Waals surface area contributed by atoms with Gasteiger partial charge in [-0.15, -0.1) is 0 Å². The zero-order valence-electron chi connectivity index (χ0n) is 9.81. The Hall–Kier alpha value is -1.22. The SMILES string of the molecule is Clc1cnc(Cl)c2cc(Sc3ccccc3)ccc12. The van der Waals surface area contributed by atoms with Crippen LogP contribution < -0.4 is 0 Å². The van der Waals surface area contributed by atoms with Crippen LogP contribution in [0.2, 0.25) is 10.2 Å². The summed E-state index contributed by atoms with van der Waals surface area (Å²) < 4.78 is 0. The summed E-state index contributed by atoms with van der Waals surface area (Å²) in [5.74, 6) is 0. The van der Waals surface area contributed by atoms with Crippen molar-refractivity contribution in [1.82, 2.24) is 4.98 Å². The van der Waals surface area contributed by atoms with E-state index in [0.717, 1.165) is 15.7 Å². The van der Waals surface area contributed by atoms with Gasteiger partial charge in [-0.25, -0.2) is 4.98 Å². The van der Waals surface area contributed by atoms with Crippen LogP contribution in [0.25, 0.3) is 10.8 Å². The van der Waals surface area contributed by atoms with E-state index in [2.05, 4.69) is 17.1 Å². The Morgan fingerprint density at radius 3 is 2.42 bits per heavy atom. The van der Waals surface area contributed by atoms with Gasteiger partial charge >= 0.3 is 0 Å². The third kappa shape index (κ3) is 2.71. The van der Waals surface area contributed by atoms with Crippen LogP contribution >= 0.6 is 35.0 Å². The molecule has 3 rings (SSSR count). The van der Waals surface area contributed by atoms with E-state index in [1.807, 2.05) is 36.4 Å². The first-order valence-corrected chi connectivity index (χ1v) is 7.28. The molecular weight excluding hydrogens is 297 g/mol. The zero-order chi connectivity index (χ0) is 13.2. The number of hydrogen-bond acceptors (Lipinski definition) is 2. The maximum Gasteiger partial charge on any atom is 0.136 e. The number of aromatic nitrogens is 1. The molecule has 1 nitrogen and oxygen atoms in total. The van der Waals surface area contributed by atoms with E-state index < -0.39 is 0 Å². The third-order valence-corrected chi connectivity index (χ3v) is 4.34. The summed E-state index contributed by atoms with van der Waals surface area (Å²) in [6.07, 6.45) is 1.58. The van der Waals surface area contributed by atoms with E-state index in [1.165, 1.54) is 4.90 Å². The number of halogens is 2. The Morgan fingerprint density at radius 1 is 0.842 bits per heavy atom. The van der Waals surface area contributed by atoms with Crippen molar-refractivity contribution in [2.45, 2.75) is 9.79 Å². The lowest BCUT2D eigenvalue weighted by Gasteiger charge is -2.06. The topological polar surface area (TPSA) is 12.9 Å². The van der Waals surface area contributed by atoms with E-state index in [-0.39, 0.29) is 0 Å². The molecule has 0 atom stereocenters. The van der Waals surface area contributed by atoms with Crippen LogP contribution in [0, 0.1) is 0 Å². The quantitative estimate of drug-likeness (QED) is 0.564. The highest BCUT2D eigenvalue weighted by atomic mass is 35.5. The fraction of sp³-hybridized carbons (Fsp3) is 0. The van der Waals surface area contributed by atoms with Gasteiger partial charge in [0.05, 0.1) is 5.02 Å². The van der Waals surface area contributed by atoms with Gasteiger partial charge in [0, 0.05) is 26.8 Å². The minimum Gasteiger partial charge on any atom is -0.242 e. The second kappa shape index (κ2) is 5.41. The molecule has 0 aliphatic heterocycles. The van der Waals surface area contributed by atoms with Crippen molar-refractivity contribution in [3.63, 3.8) is 0 Å². The second-order valence-electron chi connectivity index (χ2n) is 4.02. The second-order valence-corrected chi connectivity index (χ2v) is 5.93. The smallest absolute Gasteiger partial charge is 0.136 e. The van der Waals surface area contributed by atoms with Crippen molar-refractivity contribution in [1.29, 1.82) is 0 Å². The maximum atomic E-state index is 6.12. The molecule has 3 aromatic rings. The van der Waals surface area contributed by atoms with E-state index in [0.29, 0.717) is 10.2 Å². The molecule has 1 heterocycles. The van der Waals surface area contributed by atoms with Crippen molar-refractivity contribution in [2.24, 2.45) is 0 Å². The Labute approximate surface area is 125 Å². The molecule has 0 fully saturated rings. The van der Waals surface area contributed by atoms with Crippen molar-refractivity contribution in [2.75, 3.05) is 0 Å². The fourth-order valence-electron chi connectivity index (χ4n) is 1.84. The first kappa shape index (κ1) is 12.8. The van der Waals surface area contributed by atoms with Crippen molar-refractivity contribution >= 4 is 45.7 Å². The summed E-state index contributed by atoms with van der Waals surface area (Å²) in [6, 6.07) is 16.3. The molecule has 0 spiro atoms. The van der Waals surface area contributed by atoms with Gasteiger partial charge < -0.3 is 0 Å². The molecule has 2 aromatic carbocycles. The third-order valence-electron chi connectivity index (χ3n) is 2.74. The van der Waals surface area contributed by atoms with Gasteiger partial charge in [0.25, 0.3) is 0 Å². The van der Waals surface area contributed by atoms with E-state index >= 15 is 0 Å². The highest BCUT2D eigenvalue weighted by Crippen LogP contribution is 2.34. The summed E-state index contributed by atoms with van der Waals surface area (Å²) in [4.78, 5) is 6.38. The zero-order valence-corrected chi connectivity index (χ0v) is 12.1. The minimum atomic E-state index is 0.481. The molecule has 4 heteroatoms. The van der Waals surface area contributed by atoms with Crippen LogP contribution in [0.3, 0.4) is 0 Å². The monoisotopic (exact) mass is 305 g/mol. The highest BCUT2D eigenvalue weighted by Gasteiger charge is 2.06. The van der Waals surface area contributed by atoms with Crippen LogP contribution in [-0.4, -0.2) is 4.98 Å². The minimum absolute atomic E-state index is 0.481. The largest absolute Gasteiger partial charge is 0.242 e. The summed E-state index contributed by atoms with van der Waals surface area (Å²) in [5.41, 5.74) is 0. The molecule has 0 N–H and O–H groups in total. The van der Waals surface area contributed by atoms with E-state index in [1.54, 1.807) is 18.0 Å². The van der Waals surface area contributed by atoms with Crippen molar-refractivity contribution < 1.29 is 0 Å². The molecule has 0 aliphatic carbocycles. The lowest BCUT2D eigenvalue weighted by atomic mass is 10.2. The fourth-order valence-corrected chi connectivity index (χ4v) is 3.14. The molecular formula is C15H9Cl2NS. The molecule has 0 bridgehead atoms. The normalized spacial score (nSPS) is 10.8. The van der Waals surface area contributed by atoms with Crippen molar-refractivity contribution in [3.05, 3.63) is 64.9 Å². The van der Waals surface area contributed by atoms with Gasteiger partial charge in [0.2, 0.25) is 0 Å².